The smallest absolute Gasteiger partial charge is 0.247 e. The van der Waals surface area contributed by atoms with Gasteiger partial charge in [0.2, 0.25) is 11.8 Å². The number of hydrogen-bond acceptors (Lipinski definition) is 5. The summed E-state index contributed by atoms with van der Waals surface area (Å²) in [5.41, 5.74) is 0.727. The van der Waals surface area contributed by atoms with Crippen LogP contribution in [0.2, 0.25) is 0 Å². The van der Waals surface area contributed by atoms with E-state index in [0.29, 0.717) is 24.2 Å². The fourth-order valence-corrected chi connectivity index (χ4v) is 1.58. The summed E-state index contributed by atoms with van der Waals surface area (Å²) in [4.78, 5) is 0. The van der Waals surface area contributed by atoms with Gasteiger partial charge >= 0.3 is 0 Å². The molecule has 0 aliphatic rings. The number of phenols is 1. The molecule has 5 nitrogen and oxygen atoms in total. The van der Waals surface area contributed by atoms with Crippen LogP contribution in [-0.2, 0) is 6.42 Å². The van der Waals surface area contributed by atoms with Crippen LogP contribution in [0.5, 0.6) is 5.75 Å². The Kier molecular flexibility index (Phi) is 3.94. The zero-order valence-electron chi connectivity index (χ0n) is 10.6. The molecule has 1 aromatic heterocycles. The topological polar surface area (TPSA) is 71.2 Å². The van der Waals surface area contributed by atoms with Gasteiger partial charge in [0.25, 0.3) is 0 Å². The summed E-state index contributed by atoms with van der Waals surface area (Å²) < 4.78 is 5.53. The van der Waals surface area contributed by atoms with Gasteiger partial charge in [0.05, 0.1) is 0 Å². The molecule has 0 amide bonds. The van der Waals surface area contributed by atoms with E-state index in [9.17, 15) is 5.11 Å². The molecule has 18 heavy (non-hydrogen) atoms. The number of nitrogens with zero attached hydrogens (tertiary/aromatic N) is 2. The van der Waals surface area contributed by atoms with Crippen molar-refractivity contribution in [2.24, 2.45) is 0 Å². The van der Waals surface area contributed by atoms with E-state index >= 15 is 0 Å². The van der Waals surface area contributed by atoms with Gasteiger partial charge in [-0.2, -0.15) is 0 Å². The second-order valence-corrected chi connectivity index (χ2v) is 4.41. The number of benzene rings is 1. The van der Waals surface area contributed by atoms with Crippen molar-refractivity contribution in [3.8, 4) is 17.2 Å². The number of nitrogens with one attached hydrogen (secondary N) is 1. The molecule has 0 spiro atoms. The lowest BCUT2D eigenvalue weighted by molar-refractivity contribution is 0.472. The van der Waals surface area contributed by atoms with Crippen LogP contribution in [0.25, 0.3) is 11.5 Å². The molecular weight excluding hydrogens is 230 g/mol. The zero-order chi connectivity index (χ0) is 13.0. The molecule has 0 saturated carbocycles. The van der Waals surface area contributed by atoms with E-state index in [4.69, 9.17) is 4.42 Å². The largest absolute Gasteiger partial charge is 0.508 e. The van der Waals surface area contributed by atoms with Crippen molar-refractivity contribution in [2.45, 2.75) is 26.3 Å². The summed E-state index contributed by atoms with van der Waals surface area (Å²) in [6.45, 7) is 4.98. The Balaban J connectivity index is 2.02. The van der Waals surface area contributed by atoms with Crippen molar-refractivity contribution in [1.29, 1.82) is 0 Å². The third kappa shape index (κ3) is 3.30. The monoisotopic (exact) mass is 247 g/mol. The highest BCUT2D eigenvalue weighted by Crippen LogP contribution is 2.21. The highest BCUT2D eigenvalue weighted by molar-refractivity contribution is 5.54. The maximum Gasteiger partial charge on any atom is 0.247 e. The Morgan fingerprint density at radius 3 is 2.89 bits per heavy atom. The Hall–Kier alpha value is -1.88. The van der Waals surface area contributed by atoms with Crippen LogP contribution >= 0.6 is 0 Å². The molecule has 96 valence electrons. The van der Waals surface area contributed by atoms with Crippen LogP contribution in [0.3, 0.4) is 0 Å². The number of phenolic OH excluding ortho intramolecular Hbond substituents is 1. The summed E-state index contributed by atoms with van der Waals surface area (Å²) in [5.74, 6) is 1.22. The van der Waals surface area contributed by atoms with E-state index in [1.54, 1.807) is 18.2 Å². The van der Waals surface area contributed by atoms with Crippen LogP contribution in [0, 0.1) is 0 Å². The first-order valence-corrected chi connectivity index (χ1v) is 6.00. The third-order valence-electron chi connectivity index (χ3n) is 2.45. The van der Waals surface area contributed by atoms with Crippen LogP contribution in [0.4, 0.5) is 0 Å². The lowest BCUT2D eigenvalue weighted by Gasteiger charge is -2.04. The minimum atomic E-state index is 0.189. The number of aromatic hydroxyl groups is 1. The average molecular weight is 247 g/mol. The summed E-state index contributed by atoms with van der Waals surface area (Å²) in [7, 11) is 0. The van der Waals surface area contributed by atoms with E-state index in [1.165, 1.54) is 0 Å². The van der Waals surface area contributed by atoms with Gasteiger partial charge < -0.3 is 14.8 Å². The molecule has 1 aromatic carbocycles. The third-order valence-corrected chi connectivity index (χ3v) is 2.45. The molecular formula is C13H17N3O2. The minimum absolute atomic E-state index is 0.189. The number of aromatic nitrogens is 2. The maximum absolute atomic E-state index is 9.38. The average Bonchev–Trinajstić information content (AvgIpc) is 2.77. The first-order valence-electron chi connectivity index (χ1n) is 6.00. The van der Waals surface area contributed by atoms with Gasteiger partial charge in [-0.3, -0.25) is 0 Å². The maximum atomic E-state index is 9.38. The molecule has 2 aromatic rings. The first kappa shape index (κ1) is 12.6. The fraction of sp³-hybridized carbons (Fsp3) is 0.385. The second-order valence-electron chi connectivity index (χ2n) is 4.41. The van der Waals surface area contributed by atoms with E-state index in [0.717, 1.165) is 12.1 Å². The zero-order valence-corrected chi connectivity index (χ0v) is 10.6. The standard InChI is InChI=1S/C13H17N3O2/c1-9(2)14-7-6-12-15-16-13(18-12)10-4-3-5-11(17)8-10/h3-5,8-9,14,17H,6-7H2,1-2H3. The Morgan fingerprint density at radius 1 is 1.33 bits per heavy atom. The number of rotatable bonds is 5. The number of hydrogen-bond donors (Lipinski definition) is 2. The van der Waals surface area contributed by atoms with Crippen molar-refractivity contribution in [2.75, 3.05) is 6.54 Å². The Bertz CT molecular complexity index is 508. The molecule has 0 atom stereocenters. The summed E-state index contributed by atoms with van der Waals surface area (Å²) >= 11 is 0. The van der Waals surface area contributed by atoms with E-state index in [-0.39, 0.29) is 5.75 Å². The van der Waals surface area contributed by atoms with Gasteiger partial charge in [0.15, 0.2) is 0 Å². The second kappa shape index (κ2) is 5.64. The molecule has 0 radical (unpaired) electrons. The summed E-state index contributed by atoms with van der Waals surface area (Å²) in [6, 6.07) is 7.22. The van der Waals surface area contributed by atoms with Gasteiger partial charge in [-0.05, 0) is 18.2 Å². The molecule has 0 fully saturated rings. The molecule has 0 unspecified atom stereocenters. The van der Waals surface area contributed by atoms with Crippen LogP contribution in [0.1, 0.15) is 19.7 Å². The lowest BCUT2D eigenvalue weighted by Crippen LogP contribution is -2.25. The van der Waals surface area contributed by atoms with E-state index in [2.05, 4.69) is 29.4 Å². The van der Waals surface area contributed by atoms with Gasteiger partial charge in [-0.15, -0.1) is 10.2 Å². The first-order chi connectivity index (χ1) is 8.65. The Morgan fingerprint density at radius 2 is 2.17 bits per heavy atom. The van der Waals surface area contributed by atoms with Gasteiger partial charge in [0, 0.05) is 24.6 Å². The van der Waals surface area contributed by atoms with Gasteiger partial charge in [-0.1, -0.05) is 19.9 Å². The SMILES string of the molecule is CC(C)NCCc1nnc(-c2cccc(O)c2)o1. The highest BCUT2D eigenvalue weighted by Gasteiger charge is 2.08. The predicted octanol–water partition coefficient (Wildman–Crippen LogP) is 1.98. The molecule has 0 aliphatic heterocycles. The van der Waals surface area contributed by atoms with Crippen LogP contribution < -0.4 is 5.32 Å². The van der Waals surface area contributed by atoms with Crippen molar-refractivity contribution in [1.82, 2.24) is 15.5 Å². The quantitative estimate of drug-likeness (QED) is 0.845. The lowest BCUT2D eigenvalue weighted by atomic mass is 10.2. The highest BCUT2D eigenvalue weighted by atomic mass is 16.4. The fourth-order valence-electron chi connectivity index (χ4n) is 1.58. The molecule has 2 N–H and O–H groups in total. The molecule has 0 saturated heterocycles. The van der Waals surface area contributed by atoms with Crippen molar-refractivity contribution >= 4 is 0 Å². The minimum Gasteiger partial charge on any atom is -0.508 e. The molecule has 2 rings (SSSR count). The molecule has 0 bridgehead atoms. The summed E-state index contributed by atoms with van der Waals surface area (Å²) in [5, 5.41) is 20.6. The van der Waals surface area contributed by atoms with E-state index in [1.807, 2.05) is 6.07 Å². The van der Waals surface area contributed by atoms with Gasteiger partial charge in [0.1, 0.15) is 5.75 Å². The van der Waals surface area contributed by atoms with Crippen molar-refractivity contribution in [3.05, 3.63) is 30.2 Å². The van der Waals surface area contributed by atoms with Gasteiger partial charge in [-0.25, -0.2) is 0 Å². The predicted molar refractivity (Wildman–Crippen MR) is 68.2 cm³/mol. The molecule has 0 aliphatic carbocycles. The molecule has 1 heterocycles. The van der Waals surface area contributed by atoms with E-state index < -0.39 is 0 Å². The van der Waals surface area contributed by atoms with Crippen molar-refractivity contribution in [3.63, 3.8) is 0 Å². The van der Waals surface area contributed by atoms with Crippen LogP contribution in [-0.4, -0.2) is 27.9 Å². The van der Waals surface area contributed by atoms with Crippen LogP contribution in [0.15, 0.2) is 28.7 Å². The normalized spacial score (nSPS) is 11.1. The van der Waals surface area contributed by atoms with Crippen molar-refractivity contribution < 1.29 is 9.52 Å². The molecule has 5 heteroatoms. The Labute approximate surface area is 106 Å². The summed E-state index contributed by atoms with van der Waals surface area (Å²) in [6.07, 6.45) is 0.698.